The molecule has 36 heavy (non-hydrogen) atoms. The molecule has 0 atom stereocenters. The number of hydrogen-bond donors (Lipinski definition) is 0. The van der Waals surface area contributed by atoms with Crippen molar-refractivity contribution in [1.82, 2.24) is 0 Å². The van der Waals surface area contributed by atoms with E-state index in [1.165, 1.54) is 7.11 Å². The van der Waals surface area contributed by atoms with Crippen LogP contribution in [0.5, 0.6) is 0 Å². The van der Waals surface area contributed by atoms with Gasteiger partial charge in [-0.05, 0) is 60.0 Å². The highest BCUT2D eigenvalue weighted by Crippen LogP contribution is 2.37. The number of para-hydroxylation sites is 1. The van der Waals surface area contributed by atoms with Crippen molar-refractivity contribution in [3.63, 3.8) is 0 Å². The molecule has 0 saturated heterocycles. The zero-order valence-electron chi connectivity index (χ0n) is 20.1. The molecule has 2 heterocycles. The lowest BCUT2D eigenvalue weighted by molar-refractivity contribution is -0.113. The largest absolute Gasteiger partial charge is 0.465 e. The van der Waals surface area contributed by atoms with Crippen LogP contribution in [0.4, 0.5) is 5.69 Å². The minimum absolute atomic E-state index is 0.102. The van der Waals surface area contributed by atoms with Gasteiger partial charge in [0.05, 0.1) is 24.1 Å². The van der Waals surface area contributed by atoms with Crippen molar-refractivity contribution in [2.45, 2.75) is 13.3 Å². The number of amides is 1. The van der Waals surface area contributed by atoms with Gasteiger partial charge in [0.1, 0.15) is 11.5 Å². The molecule has 3 aromatic carbocycles. The Morgan fingerprint density at radius 1 is 0.889 bits per heavy atom. The van der Waals surface area contributed by atoms with E-state index in [2.05, 4.69) is 13.0 Å². The molecular formula is C31H25NO4. The number of carbonyl (C=O) groups excluding carboxylic acids is 2. The predicted octanol–water partition coefficient (Wildman–Crippen LogP) is 6.77. The molecule has 1 amide bonds. The number of aryl methyl sites for hydroxylation is 1. The van der Waals surface area contributed by atoms with E-state index in [4.69, 9.17) is 9.15 Å². The van der Waals surface area contributed by atoms with Gasteiger partial charge in [0.25, 0.3) is 5.91 Å². The Kier molecular flexibility index (Phi) is 6.37. The molecule has 0 unspecified atom stereocenters. The van der Waals surface area contributed by atoms with Crippen molar-refractivity contribution in [2.75, 3.05) is 12.0 Å². The number of hydrogen-bond acceptors (Lipinski definition) is 4. The van der Waals surface area contributed by atoms with E-state index < -0.39 is 0 Å². The number of rotatable bonds is 6. The van der Waals surface area contributed by atoms with Crippen molar-refractivity contribution < 1.29 is 18.7 Å². The van der Waals surface area contributed by atoms with Gasteiger partial charge in [-0.1, -0.05) is 67.6 Å². The maximum atomic E-state index is 13.7. The van der Waals surface area contributed by atoms with Gasteiger partial charge in [-0.3, -0.25) is 9.69 Å². The van der Waals surface area contributed by atoms with Crippen LogP contribution in [0.15, 0.2) is 107 Å². The second-order valence-corrected chi connectivity index (χ2v) is 8.39. The molecular weight excluding hydrogens is 450 g/mol. The summed E-state index contributed by atoms with van der Waals surface area (Å²) in [6.45, 7) is 2.09. The summed E-state index contributed by atoms with van der Waals surface area (Å²) in [6, 6.07) is 28.6. The summed E-state index contributed by atoms with van der Waals surface area (Å²) >= 11 is 0. The third-order valence-electron chi connectivity index (χ3n) is 6.18. The van der Waals surface area contributed by atoms with Crippen LogP contribution in [-0.2, 0) is 16.0 Å². The normalized spacial score (nSPS) is 14.3. The summed E-state index contributed by atoms with van der Waals surface area (Å²) in [5.74, 6) is 0.723. The number of esters is 1. The highest BCUT2D eigenvalue weighted by molar-refractivity contribution is 6.23. The SMILES string of the molecule is CCc1ccccc1N1C(=O)/C(=C/c2ccc(-c3ccc(C(=O)OC)cc3)o2)C=C1c1ccccc1. The third kappa shape index (κ3) is 4.39. The maximum absolute atomic E-state index is 13.7. The molecule has 0 N–H and O–H groups in total. The van der Waals surface area contributed by atoms with E-state index in [1.807, 2.05) is 66.7 Å². The van der Waals surface area contributed by atoms with Crippen LogP contribution < -0.4 is 4.90 Å². The Hall–Kier alpha value is -4.64. The van der Waals surface area contributed by atoms with Crippen LogP contribution in [-0.4, -0.2) is 19.0 Å². The Balaban J connectivity index is 1.50. The van der Waals surface area contributed by atoms with Crippen LogP contribution in [0, 0.1) is 0 Å². The zero-order chi connectivity index (χ0) is 25.1. The molecule has 5 rings (SSSR count). The highest BCUT2D eigenvalue weighted by atomic mass is 16.5. The number of carbonyl (C=O) groups is 2. The Morgan fingerprint density at radius 2 is 1.61 bits per heavy atom. The van der Waals surface area contributed by atoms with Gasteiger partial charge in [0.15, 0.2) is 0 Å². The number of ether oxygens (including phenoxy) is 1. The molecule has 4 aromatic rings. The minimum atomic E-state index is -0.388. The van der Waals surface area contributed by atoms with Crippen LogP contribution >= 0.6 is 0 Å². The molecule has 1 aromatic heterocycles. The van der Waals surface area contributed by atoms with Crippen molar-refractivity contribution in [1.29, 1.82) is 0 Å². The molecule has 0 radical (unpaired) electrons. The van der Waals surface area contributed by atoms with E-state index in [-0.39, 0.29) is 11.9 Å². The van der Waals surface area contributed by atoms with Crippen LogP contribution in [0.2, 0.25) is 0 Å². The predicted molar refractivity (Wildman–Crippen MR) is 141 cm³/mol. The molecule has 1 aliphatic heterocycles. The van der Waals surface area contributed by atoms with E-state index in [0.717, 1.165) is 34.5 Å². The lowest BCUT2D eigenvalue weighted by atomic mass is 10.1. The van der Waals surface area contributed by atoms with Gasteiger partial charge in [-0.2, -0.15) is 0 Å². The molecule has 0 bridgehead atoms. The molecule has 0 spiro atoms. The van der Waals surface area contributed by atoms with Gasteiger partial charge >= 0.3 is 5.97 Å². The second kappa shape index (κ2) is 9.92. The van der Waals surface area contributed by atoms with E-state index in [0.29, 0.717) is 22.7 Å². The summed E-state index contributed by atoms with van der Waals surface area (Å²) < 4.78 is 10.8. The number of benzene rings is 3. The average Bonchev–Trinajstić information content (AvgIpc) is 3.53. The Morgan fingerprint density at radius 3 is 2.33 bits per heavy atom. The lowest BCUT2D eigenvalue weighted by Gasteiger charge is -2.23. The van der Waals surface area contributed by atoms with E-state index in [9.17, 15) is 9.59 Å². The molecule has 5 nitrogen and oxygen atoms in total. The summed E-state index contributed by atoms with van der Waals surface area (Å²) in [6.07, 6.45) is 4.50. The van der Waals surface area contributed by atoms with Gasteiger partial charge < -0.3 is 9.15 Å². The van der Waals surface area contributed by atoms with Gasteiger partial charge in [-0.25, -0.2) is 4.79 Å². The van der Waals surface area contributed by atoms with Crippen molar-refractivity contribution >= 4 is 29.3 Å². The van der Waals surface area contributed by atoms with E-state index in [1.54, 1.807) is 35.2 Å². The molecule has 0 fully saturated rings. The van der Waals surface area contributed by atoms with Crippen molar-refractivity contribution in [3.8, 4) is 11.3 Å². The smallest absolute Gasteiger partial charge is 0.337 e. The van der Waals surface area contributed by atoms with Crippen LogP contribution in [0.3, 0.4) is 0 Å². The third-order valence-corrected chi connectivity index (χ3v) is 6.18. The summed E-state index contributed by atoms with van der Waals surface area (Å²) in [7, 11) is 1.35. The maximum Gasteiger partial charge on any atom is 0.337 e. The molecule has 0 saturated carbocycles. The molecule has 0 aliphatic carbocycles. The molecule has 1 aliphatic rings. The number of methoxy groups -OCH3 is 1. The minimum Gasteiger partial charge on any atom is -0.465 e. The topological polar surface area (TPSA) is 59.8 Å². The van der Waals surface area contributed by atoms with Crippen molar-refractivity contribution in [3.05, 3.63) is 125 Å². The Bertz CT molecular complexity index is 1480. The van der Waals surface area contributed by atoms with Crippen LogP contribution in [0.25, 0.3) is 23.1 Å². The number of anilines is 1. The first kappa shape index (κ1) is 23.1. The first-order valence-electron chi connectivity index (χ1n) is 11.8. The summed E-state index contributed by atoms with van der Waals surface area (Å²) in [5.41, 5.74) is 5.62. The monoisotopic (exact) mass is 475 g/mol. The quantitative estimate of drug-likeness (QED) is 0.228. The lowest BCUT2D eigenvalue weighted by Crippen LogP contribution is -2.26. The standard InChI is InChI=1S/C31H25NO4/c1-3-21-9-7-8-12-27(21)32-28(22-10-5-4-6-11-22)20-25(30(32)33)19-26-17-18-29(36-26)23-13-15-24(16-14-23)31(34)35-2/h4-20H,3H2,1-2H3/b25-19+. The van der Waals surface area contributed by atoms with Gasteiger partial charge in [-0.15, -0.1) is 0 Å². The van der Waals surface area contributed by atoms with Crippen molar-refractivity contribution in [2.24, 2.45) is 0 Å². The number of nitrogens with zero attached hydrogens (tertiary/aromatic N) is 1. The first-order chi connectivity index (χ1) is 17.6. The summed E-state index contributed by atoms with van der Waals surface area (Å²) in [5, 5.41) is 0. The van der Waals surface area contributed by atoms with Gasteiger partial charge in [0, 0.05) is 11.1 Å². The van der Waals surface area contributed by atoms with E-state index >= 15 is 0 Å². The fraction of sp³-hybridized carbons (Fsp3) is 0.0968. The van der Waals surface area contributed by atoms with Crippen LogP contribution in [0.1, 0.15) is 34.2 Å². The van der Waals surface area contributed by atoms with Gasteiger partial charge in [0.2, 0.25) is 0 Å². The average molecular weight is 476 g/mol. The Labute approximate surface area is 209 Å². The first-order valence-corrected chi connectivity index (χ1v) is 11.8. The molecule has 178 valence electrons. The molecule has 5 heteroatoms. The fourth-order valence-electron chi connectivity index (χ4n) is 4.33. The zero-order valence-corrected chi connectivity index (χ0v) is 20.1. The number of furan rings is 1. The highest BCUT2D eigenvalue weighted by Gasteiger charge is 2.31. The fourth-order valence-corrected chi connectivity index (χ4v) is 4.33. The summed E-state index contributed by atoms with van der Waals surface area (Å²) in [4.78, 5) is 27.2. The second-order valence-electron chi connectivity index (χ2n) is 8.39.